The van der Waals surface area contributed by atoms with E-state index in [9.17, 15) is 14.7 Å². The summed E-state index contributed by atoms with van der Waals surface area (Å²) in [6, 6.07) is 6.96. The van der Waals surface area contributed by atoms with Gasteiger partial charge in [-0.2, -0.15) is 5.10 Å². The molecule has 0 aliphatic carbocycles. The van der Waals surface area contributed by atoms with E-state index in [1.54, 1.807) is 18.2 Å². The summed E-state index contributed by atoms with van der Waals surface area (Å²) in [7, 11) is 3.83. The molecule has 0 saturated carbocycles. The van der Waals surface area contributed by atoms with Crippen LogP contribution in [0.1, 0.15) is 39.3 Å². The van der Waals surface area contributed by atoms with Gasteiger partial charge in [-0.1, -0.05) is 12.1 Å². The molecule has 3 N–H and O–H groups in total. The summed E-state index contributed by atoms with van der Waals surface area (Å²) in [4.78, 5) is 30.0. The number of carbonyl (C=O) groups is 2. The number of hydrogen-bond donors (Lipinski definition) is 3. The van der Waals surface area contributed by atoms with E-state index in [1.165, 1.54) is 0 Å². The monoisotopic (exact) mass is 424 g/mol. The molecule has 1 aromatic carbocycles. The van der Waals surface area contributed by atoms with E-state index in [-0.39, 0.29) is 17.6 Å². The number of phenols is 1. The van der Waals surface area contributed by atoms with Crippen molar-refractivity contribution in [3.8, 4) is 5.75 Å². The second kappa shape index (κ2) is 9.61. The molecule has 2 aromatic rings. The van der Waals surface area contributed by atoms with Crippen molar-refractivity contribution in [2.45, 2.75) is 26.7 Å². The zero-order valence-electron chi connectivity index (χ0n) is 18.3. The van der Waals surface area contributed by atoms with Crippen molar-refractivity contribution >= 4 is 23.7 Å². The maximum Gasteiger partial charge on any atom is 0.340 e. The van der Waals surface area contributed by atoms with Crippen LogP contribution >= 0.6 is 0 Å². The number of likely N-dealkylation sites (N-methyl/N-ethyl adjacent to an activating group) is 1. The average Bonchev–Trinajstić information content (AvgIpc) is 3.20. The number of aromatic hydroxyl groups is 1. The number of aromatic amines is 1. The van der Waals surface area contributed by atoms with E-state index in [1.807, 2.05) is 45.0 Å². The molecular formula is C23H28N4O4. The number of ether oxygens (including phenoxy) is 1. The van der Waals surface area contributed by atoms with Gasteiger partial charge in [-0.25, -0.2) is 10.2 Å². The summed E-state index contributed by atoms with van der Waals surface area (Å²) in [5, 5.41) is 13.6. The van der Waals surface area contributed by atoms with E-state index >= 15 is 0 Å². The molecule has 1 aliphatic heterocycles. The van der Waals surface area contributed by atoms with Crippen molar-refractivity contribution in [3.63, 3.8) is 0 Å². The van der Waals surface area contributed by atoms with Crippen LogP contribution in [-0.2, 0) is 16.0 Å². The third kappa shape index (κ3) is 5.40. The number of nitrogens with zero attached hydrogens (tertiary/aromatic N) is 2. The molecule has 164 valence electrons. The topological polar surface area (TPSA) is 107 Å². The SMILES string of the molecule is Cc1[nH]c(/C=C2/C(=O)NN=C2CCc2ccc(O)cc2)c(C)c1C(=O)OCCN(C)C. The number of phenolic OH excluding ortho intramolecular Hbond substituents is 1. The minimum atomic E-state index is -0.380. The molecule has 0 atom stereocenters. The van der Waals surface area contributed by atoms with E-state index in [0.29, 0.717) is 54.2 Å². The molecule has 1 aromatic heterocycles. The van der Waals surface area contributed by atoms with Gasteiger partial charge in [0.25, 0.3) is 5.91 Å². The first-order valence-corrected chi connectivity index (χ1v) is 10.1. The van der Waals surface area contributed by atoms with Crippen molar-refractivity contribution in [2.24, 2.45) is 5.10 Å². The van der Waals surface area contributed by atoms with Gasteiger partial charge in [0.05, 0.1) is 16.8 Å². The van der Waals surface area contributed by atoms with Crippen LogP contribution in [0.2, 0.25) is 0 Å². The van der Waals surface area contributed by atoms with Crippen molar-refractivity contribution in [3.05, 3.63) is 57.9 Å². The Hall–Kier alpha value is -3.39. The van der Waals surface area contributed by atoms with Crippen LogP contribution in [0, 0.1) is 13.8 Å². The van der Waals surface area contributed by atoms with E-state index in [4.69, 9.17) is 4.74 Å². The van der Waals surface area contributed by atoms with Gasteiger partial charge in [0.1, 0.15) is 12.4 Å². The molecule has 31 heavy (non-hydrogen) atoms. The van der Waals surface area contributed by atoms with E-state index < -0.39 is 0 Å². The van der Waals surface area contributed by atoms with Crippen LogP contribution in [0.4, 0.5) is 0 Å². The fourth-order valence-corrected chi connectivity index (χ4v) is 3.40. The van der Waals surface area contributed by atoms with Gasteiger partial charge in [0.15, 0.2) is 0 Å². The molecule has 8 heteroatoms. The lowest BCUT2D eigenvalue weighted by atomic mass is 10.0. The van der Waals surface area contributed by atoms with Gasteiger partial charge in [-0.3, -0.25) is 4.79 Å². The van der Waals surface area contributed by atoms with Crippen LogP contribution in [0.3, 0.4) is 0 Å². The molecule has 0 unspecified atom stereocenters. The predicted octanol–water partition coefficient (Wildman–Crippen LogP) is 2.56. The number of esters is 1. The summed E-state index contributed by atoms with van der Waals surface area (Å²) in [5.41, 5.74) is 7.28. The van der Waals surface area contributed by atoms with Crippen LogP contribution < -0.4 is 5.43 Å². The number of aromatic nitrogens is 1. The Kier molecular flexibility index (Phi) is 6.91. The minimum absolute atomic E-state index is 0.216. The highest BCUT2D eigenvalue weighted by molar-refractivity contribution is 6.27. The number of amides is 1. The summed E-state index contributed by atoms with van der Waals surface area (Å²) >= 11 is 0. The van der Waals surface area contributed by atoms with Crippen LogP contribution in [-0.4, -0.2) is 59.8 Å². The zero-order valence-corrected chi connectivity index (χ0v) is 18.3. The Labute approximate surface area is 181 Å². The molecule has 3 rings (SSSR count). The summed E-state index contributed by atoms with van der Waals surface area (Å²) < 4.78 is 5.38. The third-order valence-electron chi connectivity index (χ3n) is 5.18. The molecule has 0 fully saturated rings. The Morgan fingerprint density at radius 2 is 1.90 bits per heavy atom. The maximum atomic E-state index is 12.5. The fourth-order valence-electron chi connectivity index (χ4n) is 3.40. The van der Waals surface area contributed by atoms with Gasteiger partial charge in [-0.05, 0) is 70.1 Å². The smallest absolute Gasteiger partial charge is 0.340 e. The number of hydrogen-bond acceptors (Lipinski definition) is 6. The van der Waals surface area contributed by atoms with Gasteiger partial charge >= 0.3 is 5.97 Å². The Bertz CT molecular complexity index is 1030. The summed E-state index contributed by atoms with van der Waals surface area (Å²) in [6.45, 7) is 4.60. The van der Waals surface area contributed by atoms with Crippen LogP contribution in [0.5, 0.6) is 5.75 Å². The Balaban J connectivity index is 1.76. The number of benzene rings is 1. The lowest BCUT2D eigenvalue weighted by molar-refractivity contribution is -0.116. The second-order valence-electron chi connectivity index (χ2n) is 7.83. The van der Waals surface area contributed by atoms with Gasteiger partial charge in [0.2, 0.25) is 0 Å². The first-order chi connectivity index (χ1) is 14.8. The van der Waals surface area contributed by atoms with Gasteiger partial charge < -0.3 is 19.7 Å². The molecule has 0 radical (unpaired) electrons. The van der Waals surface area contributed by atoms with Crippen molar-refractivity contribution in [1.82, 2.24) is 15.3 Å². The number of carbonyl (C=O) groups excluding carboxylic acids is 2. The number of H-pyrrole nitrogens is 1. The largest absolute Gasteiger partial charge is 0.508 e. The van der Waals surface area contributed by atoms with Crippen molar-refractivity contribution in [2.75, 3.05) is 27.2 Å². The predicted molar refractivity (Wildman–Crippen MR) is 119 cm³/mol. The fraction of sp³-hybridized carbons (Fsp3) is 0.348. The van der Waals surface area contributed by atoms with Gasteiger partial charge in [-0.15, -0.1) is 0 Å². The number of rotatable bonds is 8. The normalized spacial score (nSPS) is 14.8. The zero-order chi connectivity index (χ0) is 22.5. The highest BCUT2D eigenvalue weighted by atomic mass is 16.5. The lowest BCUT2D eigenvalue weighted by Crippen LogP contribution is -2.20. The van der Waals surface area contributed by atoms with Gasteiger partial charge in [0, 0.05) is 17.9 Å². The van der Waals surface area contributed by atoms with Crippen LogP contribution in [0.25, 0.3) is 6.08 Å². The van der Waals surface area contributed by atoms with Crippen molar-refractivity contribution in [1.29, 1.82) is 0 Å². The Morgan fingerprint density at radius 3 is 2.58 bits per heavy atom. The maximum absolute atomic E-state index is 12.5. The minimum Gasteiger partial charge on any atom is -0.508 e. The van der Waals surface area contributed by atoms with E-state index in [0.717, 1.165) is 11.1 Å². The number of hydrazone groups is 1. The Morgan fingerprint density at radius 1 is 1.19 bits per heavy atom. The number of aryl methyl sites for hydroxylation is 2. The molecule has 0 bridgehead atoms. The van der Waals surface area contributed by atoms with Crippen molar-refractivity contribution < 1.29 is 19.4 Å². The molecule has 0 saturated heterocycles. The highest BCUT2D eigenvalue weighted by Crippen LogP contribution is 2.23. The first-order valence-electron chi connectivity index (χ1n) is 10.1. The highest BCUT2D eigenvalue weighted by Gasteiger charge is 2.25. The third-order valence-corrected chi connectivity index (χ3v) is 5.18. The lowest BCUT2D eigenvalue weighted by Gasteiger charge is -2.10. The molecule has 2 heterocycles. The second-order valence-corrected chi connectivity index (χ2v) is 7.83. The quantitative estimate of drug-likeness (QED) is 0.446. The molecule has 8 nitrogen and oxygen atoms in total. The standard InChI is InChI=1S/C23H28N4O4/c1-14-20(24-15(2)21(14)23(30)31-12-11-27(3)4)13-18-19(25-26-22(18)29)10-7-16-5-8-17(28)9-6-16/h5-6,8-9,13,24,28H,7,10-12H2,1-4H3,(H,26,29)/b18-13+. The molecule has 1 aliphatic rings. The summed E-state index contributed by atoms with van der Waals surface area (Å²) in [6.07, 6.45) is 2.97. The van der Waals surface area contributed by atoms with Crippen LogP contribution in [0.15, 0.2) is 34.9 Å². The number of nitrogens with one attached hydrogen (secondary N) is 2. The first kappa shape index (κ1) is 22.3. The van der Waals surface area contributed by atoms with E-state index in [2.05, 4.69) is 15.5 Å². The molecule has 1 amide bonds. The molecular weight excluding hydrogens is 396 g/mol. The summed E-state index contributed by atoms with van der Waals surface area (Å²) in [5.74, 6) is -0.440. The molecule has 0 spiro atoms. The average molecular weight is 425 g/mol.